The van der Waals surface area contributed by atoms with Gasteiger partial charge in [-0.05, 0) is 18.9 Å². The number of piperazine rings is 1. The average molecular weight is 436 g/mol. The van der Waals surface area contributed by atoms with Gasteiger partial charge in [0, 0.05) is 46.0 Å². The number of likely N-dealkylation sites (tertiary alicyclic amines) is 1. The summed E-state index contributed by atoms with van der Waals surface area (Å²) in [5, 5.41) is 9.89. The summed E-state index contributed by atoms with van der Waals surface area (Å²) in [7, 11) is -2.08. The van der Waals surface area contributed by atoms with Crippen molar-refractivity contribution >= 4 is 33.0 Å². The molecule has 0 atom stereocenters. The molecule has 1 saturated carbocycles. The lowest BCUT2D eigenvalue weighted by molar-refractivity contribution is -0.140. The van der Waals surface area contributed by atoms with Crippen molar-refractivity contribution in [1.29, 1.82) is 0 Å². The number of aromatic nitrogens is 3. The van der Waals surface area contributed by atoms with Crippen LogP contribution in [-0.4, -0.2) is 106 Å². The highest BCUT2D eigenvalue weighted by atomic mass is 32.2. The minimum atomic E-state index is -3.66. The normalized spacial score (nSPS) is 22.1. The smallest absolute Gasteiger partial charge is 0.282 e. The van der Waals surface area contributed by atoms with Crippen LogP contribution in [-0.2, 0) is 15.0 Å². The van der Waals surface area contributed by atoms with E-state index in [4.69, 9.17) is 5.11 Å². The van der Waals surface area contributed by atoms with Crippen LogP contribution in [0.1, 0.15) is 12.8 Å². The van der Waals surface area contributed by atoms with Crippen LogP contribution in [0.5, 0.6) is 0 Å². The molecule has 2 aromatic rings. The van der Waals surface area contributed by atoms with Crippen molar-refractivity contribution in [3.8, 4) is 0 Å². The Hall–Kier alpha value is -2.28. The summed E-state index contributed by atoms with van der Waals surface area (Å²) >= 11 is 0. The van der Waals surface area contributed by atoms with E-state index in [-0.39, 0.29) is 11.9 Å². The lowest BCUT2D eigenvalue weighted by Crippen LogP contribution is -2.66. The van der Waals surface area contributed by atoms with E-state index in [2.05, 4.69) is 19.9 Å². The summed E-state index contributed by atoms with van der Waals surface area (Å²) in [6.07, 6.45) is 4.99. The van der Waals surface area contributed by atoms with Crippen LogP contribution in [0, 0.1) is 0 Å². The number of nitrogens with one attached hydrogen (secondary N) is 1. The molecule has 2 aliphatic heterocycles. The van der Waals surface area contributed by atoms with Crippen LogP contribution in [0.15, 0.2) is 18.6 Å². The first-order valence-electron chi connectivity index (χ1n) is 10.0. The highest BCUT2D eigenvalue weighted by Crippen LogP contribution is 2.47. The highest BCUT2D eigenvalue weighted by Gasteiger charge is 2.57. The zero-order valence-corrected chi connectivity index (χ0v) is 17.5. The maximum Gasteiger partial charge on any atom is 0.282 e. The lowest BCUT2D eigenvalue weighted by Gasteiger charge is -2.47. The van der Waals surface area contributed by atoms with E-state index in [1.807, 2.05) is 12.3 Å². The van der Waals surface area contributed by atoms with Crippen molar-refractivity contribution in [2.24, 2.45) is 0 Å². The molecule has 2 N–H and O–H groups in total. The fourth-order valence-corrected chi connectivity index (χ4v) is 6.36. The maximum absolute atomic E-state index is 13.4. The molecule has 0 bridgehead atoms. The summed E-state index contributed by atoms with van der Waals surface area (Å²) in [6.45, 7) is 1.60. The van der Waals surface area contributed by atoms with Crippen molar-refractivity contribution < 1.29 is 18.3 Å². The van der Waals surface area contributed by atoms with Crippen LogP contribution in [0.3, 0.4) is 0 Å². The van der Waals surface area contributed by atoms with Crippen LogP contribution < -0.4 is 4.90 Å². The van der Waals surface area contributed by atoms with Gasteiger partial charge < -0.3 is 19.9 Å². The van der Waals surface area contributed by atoms with Gasteiger partial charge in [-0.1, -0.05) is 0 Å². The molecule has 1 amide bonds. The van der Waals surface area contributed by atoms with Crippen LogP contribution in [0.2, 0.25) is 0 Å². The molecule has 2 aromatic heterocycles. The fourth-order valence-electron chi connectivity index (χ4n) is 4.50. The van der Waals surface area contributed by atoms with Gasteiger partial charge in [0.25, 0.3) is 10.2 Å². The molecule has 162 valence electrons. The van der Waals surface area contributed by atoms with E-state index in [0.29, 0.717) is 32.7 Å². The zero-order chi connectivity index (χ0) is 21.1. The number of H-pyrrole nitrogens is 1. The van der Waals surface area contributed by atoms with Gasteiger partial charge in [-0.15, -0.1) is 0 Å². The van der Waals surface area contributed by atoms with Gasteiger partial charge in [-0.25, -0.2) is 9.97 Å². The van der Waals surface area contributed by atoms with Crippen molar-refractivity contribution in [1.82, 2.24) is 28.5 Å². The van der Waals surface area contributed by atoms with Crippen molar-refractivity contribution in [2.75, 3.05) is 51.3 Å². The Bertz CT molecular complexity index is 1080. The Morgan fingerprint density at radius 2 is 2.10 bits per heavy atom. The third-order valence-electron chi connectivity index (χ3n) is 6.55. The van der Waals surface area contributed by atoms with E-state index in [1.54, 1.807) is 11.4 Å². The molecule has 11 nitrogen and oxygen atoms in total. The first-order valence-corrected chi connectivity index (χ1v) is 11.4. The SMILES string of the molecule is CN(C1CN(C(=O)CO)C1)S(=O)(=O)N1CCN(c2ncnc3[nH]ccc23)CC12CC2. The van der Waals surface area contributed by atoms with Crippen LogP contribution >= 0.6 is 0 Å². The Balaban J connectivity index is 1.32. The molecule has 2 saturated heterocycles. The van der Waals surface area contributed by atoms with Crippen molar-refractivity contribution in [3.05, 3.63) is 18.6 Å². The van der Waals surface area contributed by atoms with E-state index in [1.165, 1.54) is 15.5 Å². The molecule has 0 aromatic carbocycles. The number of hydrogen-bond acceptors (Lipinski definition) is 7. The summed E-state index contributed by atoms with van der Waals surface area (Å²) in [6, 6.07) is 1.68. The molecule has 1 spiro atoms. The van der Waals surface area contributed by atoms with Crippen molar-refractivity contribution in [3.63, 3.8) is 0 Å². The van der Waals surface area contributed by atoms with Gasteiger partial charge in [0.15, 0.2) is 0 Å². The number of anilines is 1. The molecular weight excluding hydrogens is 410 g/mol. The molecule has 12 heteroatoms. The number of carbonyl (C=O) groups is 1. The molecule has 0 unspecified atom stereocenters. The monoisotopic (exact) mass is 435 g/mol. The third-order valence-corrected chi connectivity index (χ3v) is 8.71. The predicted molar refractivity (Wildman–Crippen MR) is 109 cm³/mol. The number of nitrogens with zero attached hydrogens (tertiary/aromatic N) is 6. The molecule has 3 aliphatic rings. The van der Waals surface area contributed by atoms with Crippen LogP contribution in [0.25, 0.3) is 11.0 Å². The predicted octanol–water partition coefficient (Wildman–Crippen LogP) is -1.01. The molecule has 1 aliphatic carbocycles. The second kappa shape index (κ2) is 6.87. The maximum atomic E-state index is 13.4. The van der Waals surface area contributed by atoms with Gasteiger partial charge in [0.2, 0.25) is 5.91 Å². The third kappa shape index (κ3) is 2.97. The van der Waals surface area contributed by atoms with Gasteiger partial charge >= 0.3 is 0 Å². The van der Waals surface area contributed by atoms with E-state index in [9.17, 15) is 13.2 Å². The number of aliphatic hydroxyl groups excluding tert-OH is 1. The Morgan fingerprint density at radius 1 is 1.33 bits per heavy atom. The summed E-state index contributed by atoms with van der Waals surface area (Å²) in [5.41, 5.74) is 0.357. The largest absolute Gasteiger partial charge is 0.387 e. The molecule has 4 heterocycles. The summed E-state index contributed by atoms with van der Waals surface area (Å²) < 4.78 is 29.8. The Kier molecular flexibility index (Phi) is 4.51. The first-order chi connectivity index (χ1) is 14.4. The highest BCUT2D eigenvalue weighted by molar-refractivity contribution is 7.86. The number of carbonyl (C=O) groups excluding carboxylic acids is 1. The molecule has 0 radical (unpaired) electrons. The number of likely N-dealkylation sites (N-methyl/N-ethyl adjacent to an activating group) is 1. The second-order valence-electron chi connectivity index (χ2n) is 8.29. The topological polar surface area (TPSA) is 126 Å². The molecular formula is C18H25N7O4S. The van der Waals surface area contributed by atoms with Gasteiger partial charge in [0.05, 0.1) is 17.0 Å². The molecule has 5 rings (SSSR count). The van der Waals surface area contributed by atoms with Gasteiger partial charge in [-0.2, -0.15) is 17.0 Å². The average Bonchev–Trinajstić information content (AvgIpc) is 3.27. The Morgan fingerprint density at radius 3 is 2.80 bits per heavy atom. The quantitative estimate of drug-likeness (QED) is 0.616. The lowest BCUT2D eigenvalue weighted by atomic mass is 10.1. The van der Waals surface area contributed by atoms with Gasteiger partial charge in [0.1, 0.15) is 24.4 Å². The Labute approximate surface area is 174 Å². The van der Waals surface area contributed by atoms with E-state index in [0.717, 1.165) is 29.7 Å². The van der Waals surface area contributed by atoms with E-state index >= 15 is 0 Å². The fraction of sp³-hybridized carbons (Fsp3) is 0.611. The zero-order valence-electron chi connectivity index (χ0n) is 16.7. The number of amides is 1. The van der Waals surface area contributed by atoms with Gasteiger partial charge in [-0.3, -0.25) is 4.79 Å². The number of aliphatic hydroxyl groups is 1. The number of rotatable bonds is 5. The number of fused-ring (bicyclic) bond motifs is 1. The number of aromatic amines is 1. The summed E-state index contributed by atoms with van der Waals surface area (Å²) in [5.74, 6) is 0.459. The minimum Gasteiger partial charge on any atom is -0.387 e. The standard InChI is InChI=1S/C18H25N7O4S/c1-22(13-8-24(9-13)15(27)10-26)30(28,29)25-7-6-23(11-18(25)3-4-18)17-14-2-5-19-16(14)20-12-21-17/h2,5,12-13,26H,3-4,6-11H2,1H3,(H,19,20,21). The summed E-state index contributed by atoms with van der Waals surface area (Å²) in [4.78, 5) is 27.0. The second-order valence-corrected chi connectivity index (χ2v) is 10.2. The minimum absolute atomic E-state index is 0.263. The van der Waals surface area contributed by atoms with Crippen molar-refractivity contribution in [2.45, 2.75) is 24.4 Å². The first kappa shape index (κ1) is 19.7. The van der Waals surface area contributed by atoms with Crippen LogP contribution in [0.4, 0.5) is 5.82 Å². The van der Waals surface area contributed by atoms with E-state index < -0.39 is 22.4 Å². The number of hydrogen-bond donors (Lipinski definition) is 2. The molecule has 30 heavy (non-hydrogen) atoms. The molecule has 3 fully saturated rings.